The fourth-order valence-corrected chi connectivity index (χ4v) is 2.10. The maximum absolute atomic E-state index is 10.8. The van der Waals surface area contributed by atoms with Crippen molar-refractivity contribution in [2.24, 2.45) is 5.73 Å². The Morgan fingerprint density at radius 2 is 1.89 bits per heavy atom. The van der Waals surface area contributed by atoms with Crippen LogP contribution < -0.4 is 5.73 Å². The molecule has 2 rings (SSSR count). The topological polar surface area (TPSA) is 48.0 Å². The Hall–Kier alpha value is -2.29. The van der Waals surface area contributed by atoms with Crippen LogP contribution in [0.2, 0.25) is 0 Å². The molecule has 0 aliphatic carbocycles. The SMILES string of the molecule is Cc1cc(C=CC(N)=O)c(C)n1-c1ccccc1. The number of carbonyl (C=O) groups excluding carboxylic acids is 1. The van der Waals surface area contributed by atoms with Crippen molar-refractivity contribution in [3.05, 3.63) is 59.4 Å². The second kappa shape index (κ2) is 4.92. The van der Waals surface area contributed by atoms with E-state index in [1.165, 1.54) is 6.08 Å². The van der Waals surface area contributed by atoms with Gasteiger partial charge in [0.1, 0.15) is 0 Å². The van der Waals surface area contributed by atoms with Gasteiger partial charge in [-0.3, -0.25) is 4.79 Å². The Balaban J connectivity index is 2.48. The van der Waals surface area contributed by atoms with Gasteiger partial charge in [0, 0.05) is 23.2 Å². The average molecular weight is 240 g/mol. The molecule has 0 aliphatic heterocycles. The summed E-state index contributed by atoms with van der Waals surface area (Å²) in [6.07, 6.45) is 3.14. The highest BCUT2D eigenvalue weighted by molar-refractivity contribution is 5.90. The molecule has 1 aromatic carbocycles. The largest absolute Gasteiger partial charge is 0.366 e. The van der Waals surface area contributed by atoms with Crippen LogP contribution in [0.15, 0.2) is 42.5 Å². The molecule has 18 heavy (non-hydrogen) atoms. The van der Waals surface area contributed by atoms with Gasteiger partial charge in [-0.2, -0.15) is 0 Å². The van der Waals surface area contributed by atoms with Crippen molar-refractivity contribution in [3.8, 4) is 5.69 Å². The van der Waals surface area contributed by atoms with Crippen molar-refractivity contribution in [2.75, 3.05) is 0 Å². The lowest BCUT2D eigenvalue weighted by molar-refractivity contribution is -0.113. The smallest absolute Gasteiger partial charge is 0.241 e. The first-order valence-electron chi connectivity index (χ1n) is 5.81. The summed E-state index contributed by atoms with van der Waals surface area (Å²) in [4.78, 5) is 10.8. The molecule has 0 spiro atoms. The minimum absolute atomic E-state index is 0.431. The van der Waals surface area contributed by atoms with Gasteiger partial charge in [-0.25, -0.2) is 0 Å². The van der Waals surface area contributed by atoms with Crippen LogP contribution in [0.1, 0.15) is 17.0 Å². The van der Waals surface area contributed by atoms with E-state index < -0.39 is 5.91 Å². The number of nitrogens with zero attached hydrogens (tertiary/aromatic N) is 1. The lowest BCUT2D eigenvalue weighted by Crippen LogP contribution is -2.05. The van der Waals surface area contributed by atoms with Crippen LogP contribution in [0.5, 0.6) is 0 Å². The maximum Gasteiger partial charge on any atom is 0.241 e. The Kier molecular flexibility index (Phi) is 3.33. The molecule has 1 aromatic heterocycles. The van der Waals surface area contributed by atoms with E-state index in [1.807, 2.05) is 38.1 Å². The van der Waals surface area contributed by atoms with Crippen molar-refractivity contribution in [1.82, 2.24) is 4.57 Å². The first-order valence-corrected chi connectivity index (χ1v) is 5.81. The molecule has 0 fully saturated rings. The number of hydrogen-bond acceptors (Lipinski definition) is 1. The lowest BCUT2D eigenvalue weighted by atomic mass is 10.2. The van der Waals surface area contributed by atoms with E-state index in [0.717, 1.165) is 22.6 Å². The number of nitrogens with two attached hydrogens (primary N) is 1. The Morgan fingerprint density at radius 3 is 2.50 bits per heavy atom. The summed E-state index contributed by atoms with van der Waals surface area (Å²) in [5, 5.41) is 0. The van der Waals surface area contributed by atoms with Gasteiger partial charge in [-0.15, -0.1) is 0 Å². The van der Waals surface area contributed by atoms with E-state index in [-0.39, 0.29) is 0 Å². The third-order valence-electron chi connectivity index (χ3n) is 2.91. The molecule has 0 atom stereocenters. The first kappa shape index (κ1) is 12.2. The van der Waals surface area contributed by atoms with Crippen LogP contribution in [0.25, 0.3) is 11.8 Å². The summed E-state index contributed by atoms with van der Waals surface area (Å²) in [5.41, 5.74) is 9.46. The summed E-state index contributed by atoms with van der Waals surface area (Å²) in [6, 6.07) is 12.2. The number of benzene rings is 1. The number of amides is 1. The van der Waals surface area contributed by atoms with Gasteiger partial charge in [0.15, 0.2) is 0 Å². The second-order valence-electron chi connectivity index (χ2n) is 4.23. The molecule has 1 amide bonds. The number of aromatic nitrogens is 1. The van der Waals surface area contributed by atoms with Crippen molar-refractivity contribution in [1.29, 1.82) is 0 Å². The minimum Gasteiger partial charge on any atom is -0.366 e. The van der Waals surface area contributed by atoms with Crippen LogP contribution in [0, 0.1) is 13.8 Å². The first-order chi connectivity index (χ1) is 8.59. The van der Waals surface area contributed by atoms with E-state index in [1.54, 1.807) is 6.08 Å². The third kappa shape index (κ3) is 2.35. The number of hydrogen-bond donors (Lipinski definition) is 1. The van der Waals surface area contributed by atoms with Gasteiger partial charge in [-0.05, 0) is 43.7 Å². The highest BCUT2D eigenvalue weighted by Crippen LogP contribution is 2.21. The van der Waals surface area contributed by atoms with Crippen molar-refractivity contribution in [2.45, 2.75) is 13.8 Å². The number of rotatable bonds is 3. The standard InChI is InChI=1S/C15H16N2O/c1-11-10-13(8-9-15(16)18)12(2)17(11)14-6-4-3-5-7-14/h3-10H,1-2H3,(H2,16,18). The van der Waals surface area contributed by atoms with Crippen molar-refractivity contribution < 1.29 is 4.79 Å². The molecule has 0 saturated heterocycles. The highest BCUT2D eigenvalue weighted by atomic mass is 16.1. The minimum atomic E-state index is -0.431. The zero-order valence-electron chi connectivity index (χ0n) is 10.6. The molecule has 3 heteroatoms. The average Bonchev–Trinajstić information content (AvgIpc) is 2.63. The third-order valence-corrected chi connectivity index (χ3v) is 2.91. The normalized spacial score (nSPS) is 11.0. The quantitative estimate of drug-likeness (QED) is 0.824. The van der Waals surface area contributed by atoms with Gasteiger partial charge in [0.05, 0.1) is 0 Å². The summed E-state index contributed by atoms with van der Waals surface area (Å²) >= 11 is 0. The highest BCUT2D eigenvalue weighted by Gasteiger charge is 2.08. The molecule has 0 bridgehead atoms. The van der Waals surface area contributed by atoms with Crippen molar-refractivity contribution >= 4 is 12.0 Å². The Bertz CT molecular complexity index is 594. The van der Waals surface area contributed by atoms with Gasteiger partial charge >= 0.3 is 0 Å². The molecule has 2 aromatic rings. The Labute approximate surface area is 107 Å². The molecule has 0 aliphatic rings. The van der Waals surface area contributed by atoms with Gasteiger partial charge < -0.3 is 10.3 Å². The fraction of sp³-hybridized carbons (Fsp3) is 0.133. The monoisotopic (exact) mass is 240 g/mol. The number of carbonyl (C=O) groups is 1. The van der Waals surface area contributed by atoms with E-state index in [9.17, 15) is 4.79 Å². The summed E-state index contributed by atoms with van der Waals surface area (Å²) < 4.78 is 2.15. The molecule has 0 radical (unpaired) electrons. The molecule has 92 valence electrons. The second-order valence-corrected chi connectivity index (χ2v) is 4.23. The maximum atomic E-state index is 10.8. The van der Waals surface area contributed by atoms with Crippen LogP contribution in [0.4, 0.5) is 0 Å². The van der Waals surface area contributed by atoms with Crippen LogP contribution in [-0.4, -0.2) is 10.5 Å². The summed E-state index contributed by atoms with van der Waals surface area (Å²) in [7, 11) is 0. The molecular weight excluding hydrogens is 224 g/mol. The summed E-state index contributed by atoms with van der Waals surface area (Å²) in [6.45, 7) is 4.07. The van der Waals surface area contributed by atoms with Gasteiger partial charge in [0.2, 0.25) is 5.91 Å². The van der Waals surface area contributed by atoms with Crippen LogP contribution in [-0.2, 0) is 4.79 Å². The predicted octanol–water partition coefficient (Wildman–Crippen LogP) is 2.59. The van der Waals surface area contributed by atoms with Crippen LogP contribution >= 0.6 is 0 Å². The number of primary amides is 1. The Morgan fingerprint density at radius 1 is 1.22 bits per heavy atom. The van der Waals surface area contributed by atoms with Gasteiger partial charge in [0.25, 0.3) is 0 Å². The van der Waals surface area contributed by atoms with E-state index in [0.29, 0.717) is 0 Å². The zero-order valence-corrected chi connectivity index (χ0v) is 10.6. The number of para-hydroxylation sites is 1. The molecule has 3 nitrogen and oxygen atoms in total. The lowest BCUT2D eigenvalue weighted by Gasteiger charge is -2.08. The molecule has 2 N–H and O–H groups in total. The zero-order chi connectivity index (χ0) is 13.1. The number of aryl methyl sites for hydroxylation is 1. The summed E-state index contributed by atoms with van der Waals surface area (Å²) in [5.74, 6) is -0.431. The van der Waals surface area contributed by atoms with E-state index in [4.69, 9.17) is 5.73 Å². The molecular formula is C15H16N2O. The van der Waals surface area contributed by atoms with E-state index in [2.05, 4.69) is 16.7 Å². The van der Waals surface area contributed by atoms with E-state index >= 15 is 0 Å². The molecule has 0 unspecified atom stereocenters. The molecule has 0 saturated carbocycles. The predicted molar refractivity (Wildman–Crippen MR) is 73.5 cm³/mol. The van der Waals surface area contributed by atoms with Crippen LogP contribution in [0.3, 0.4) is 0 Å². The van der Waals surface area contributed by atoms with Crippen molar-refractivity contribution in [3.63, 3.8) is 0 Å². The van der Waals surface area contributed by atoms with Gasteiger partial charge in [-0.1, -0.05) is 18.2 Å². The fourth-order valence-electron chi connectivity index (χ4n) is 2.10. The molecule has 1 heterocycles.